The van der Waals surface area contributed by atoms with E-state index in [4.69, 9.17) is 17.3 Å². The second-order valence-electron chi connectivity index (χ2n) is 7.32. The fourth-order valence-corrected chi connectivity index (χ4v) is 3.02. The van der Waals surface area contributed by atoms with E-state index in [0.717, 1.165) is 0 Å². The third-order valence-corrected chi connectivity index (χ3v) is 4.26. The predicted octanol–water partition coefficient (Wildman–Crippen LogP) is 3.63. The van der Waals surface area contributed by atoms with Crippen LogP contribution in [0.4, 0.5) is 16.3 Å². The molecule has 0 atom stereocenters. The lowest BCUT2D eigenvalue weighted by atomic mass is 10.1. The summed E-state index contributed by atoms with van der Waals surface area (Å²) in [6.07, 6.45) is 1.39. The SMILES string of the molecule is CC(C)n1c(NCC(C)(C)O)nc2c(F)cc(-c3nc(N)ncc3Cl)cc21. The van der Waals surface area contributed by atoms with Crippen LogP contribution in [-0.2, 0) is 0 Å². The second-order valence-corrected chi connectivity index (χ2v) is 7.72. The highest BCUT2D eigenvalue weighted by molar-refractivity contribution is 6.33. The van der Waals surface area contributed by atoms with Crippen LogP contribution in [0.5, 0.6) is 0 Å². The van der Waals surface area contributed by atoms with Gasteiger partial charge in [0, 0.05) is 18.2 Å². The highest BCUT2D eigenvalue weighted by Gasteiger charge is 2.21. The van der Waals surface area contributed by atoms with E-state index in [0.29, 0.717) is 22.7 Å². The highest BCUT2D eigenvalue weighted by Crippen LogP contribution is 2.33. The summed E-state index contributed by atoms with van der Waals surface area (Å²) in [6.45, 7) is 7.57. The third-order valence-electron chi connectivity index (χ3n) is 3.98. The molecule has 0 radical (unpaired) electrons. The van der Waals surface area contributed by atoms with Crippen LogP contribution >= 0.6 is 11.6 Å². The quantitative estimate of drug-likeness (QED) is 0.612. The second kappa shape index (κ2) is 6.94. The van der Waals surface area contributed by atoms with Crippen LogP contribution in [0.25, 0.3) is 22.3 Å². The van der Waals surface area contributed by atoms with Crippen molar-refractivity contribution in [2.75, 3.05) is 17.6 Å². The Kier molecular flexibility index (Phi) is 4.96. The van der Waals surface area contributed by atoms with Gasteiger partial charge in [0.2, 0.25) is 11.9 Å². The topological polar surface area (TPSA) is 102 Å². The number of benzene rings is 1. The number of aromatic nitrogens is 4. The van der Waals surface area contributed by atoms with E-state index in [1.54, 1.807) is 19.9 Å². The van der Waals surface area contributed by atoms with Gasteiger partial charge in [-0.05, 0) is 39.8 Å². The van der Waals surface area contributed by atoms with E-state index in [9.17, 15) is 9.50 Å². The molecule has 144 valence electrons. The molecule has 7 nitrogen and oxygen atoms in total. The zero-order valence-electron chi connectivity index (χ0n) is 15.6. The van der Waals surface area contributed by atoms with Gasteiger partial charge in [-0.25, -0.2) is 19.3 Å². The number of hydrogen-bond donors (Lipinski definition) is 3. The van der Waals surface area contributed by atoms with Crippen molar-refractivity contribution in [2.24, 2.45) is 0 Å². The predicted molar refractivity (Wildman–Crippen MR) is 105 cm³/mol. The van der Waals surface area contributed by atoms with Crippen LogP contribution < -0.4 is 11.1 Å². The molecular weight excluding hydrogens is 371 g/mol. The minimum Gasteiger partial charge on any atom is -0.389 e. The summed E-state index contributed by atoms with van der Waals surface area (Å²) in [4.78, 5) is 12.4. The summed E-state index contributed by atoms with van der Waals surface area (Å²) in [5.74, 6) is 0.0349. The number of nitrogens with zero attached hydrogens (tertiary/aromatic N) is 4. The van der Waals surface area contributed by atoms with Crippen LogP contribution in [0.3, 0.4) is 0 Å². The van der Waals surface area contributed by atoms with E-state index >= 15 is 0 Å². The fourth-order valence-electron chi connectivity index (χ4n) is 2.82. The Balaban J connectivity index is 2.19. The fraction of sp³-hybridized carbons (Fsp3) is 0.389. The molecule has 9 heteroatoms. The molecule has 1 aromatic carbocycles. The summed E-state index contributed by atoms with van der Waals surface area (Å²) in [6, 6.07) is 3.10. The van der Waals surface area contributed by atoms with E-state index in [-0.39, 0.29) is 29.1 Å². The molecule has 0 saturated heterocycles. The molecule has 0 bridgehead atoms. The monoisotopic (exact) mass is 392 g/mol. The number of rotatable bonds is 5. The molecule has 27 heavy (non-hydrogen) atoms. The average molecular weight is 393 g/mol. The summed E-state index contributed by atoms with van der Waals surface area (Å²) in [5, 5.41) is 13.3. The number of aliphatic hydroxyl groups is 1. The number of anilines is 2. The lowest BCUT2D eigenvalue weighted by Gasteiger charge is -2.20. The van der Waals surface area contributed by atoms with Gasteiger partial charge < -0.3 is 20.7 Å². The zero-order valence-corrected chi connectivity index (χ0v) is 16.3. The van der Waals surface area contributed by atoms with Gasteiger partial charge in [0.15, 0.2) is 5.82 Å². The maximum absolute atomic E-state index is 14.8. The van der Waals surface area contributed by atoms with E-state index in [2.05, 4.69) is 20.3 Å². The van der Waals surface area contributed by atoms with Crippen molar-refractivity contribution in [2.45, 2.75) is 39.3 Å². The van der Waals surface area contributed by atoms with Crippen molar-refractivity contribution >= 4 is 34.5 Å². The van der Waals surface area contributed by atoms with Crippen LogP contribution in [0.15, 0.2) is 18.3 Å². The number of nitrogens with one attached hydrogen (secondary N) is 1. The molecule has 3 aromatic rings. The maximum atomic E-state index is 14.8. The molecule has 2 heterocycles. The van der Waals surface area contributed by atoms with Crippen molar-refractivity contribution in [3.05, 3.63) is 29.2 Å². The van der Waals surface area contributed by atoms with Gasteiger partial charge in [-0.2, -0.15) is 0 Å². The average Bonchev–Trinajstić information content (AvgIpc) is 2.94. The standard InChI is InChI=1S/C18H22ClFN6O/c1-9(2)26-13-6-10(14-11(19)7-22-16(21)24-14)5-12(20)15(13)25-17(26)23-8-18(3,4)27/h5-7,9,27H,8H2,1-4H3,(H,23,25)(H2,21,22,24). The molecule has 0 aliphatic heterocycles. The van der Waals surface area contributed by atoms with Crippen LogP contribution in [0, 0.1) is 5.82 Å². The summed E-state index contributed by atoms with van der Waals surface area (Å²) in [7, 11) is 0. The molecule has 0 amide bonds. The number of nitrogen functional groups attached to an aromatic ring is 1. The lowest BCUT2D eigenvalue weighted by molar-refractivity contribution is 0.0942. The molecule has 0 spiro atoms. The first kappa shape index (κ1) is 19.3. The van der Waals surface area contributed by atoms with Gasteiger partial charge in [-0.3, -0.25) is 0 Å². The normalized spacial score (nSPS) is 12.1. The van der Waals surface area contributed by atoms with Gasteiger partial charge in [-0.1, -0.05) is 11.6 Å². The lowest BCUT2D eigenvalue weighted by Crippen LogP contribution is -2.30. The summed E-state index contributed by atoms with van der Waals surface area (Å²) in [5.41, 5.74) is 6.37. The van der Waals surface area contributed by atoms with Gasteiger partial charge in [0.05, 0.1) is 28.0 Å². The molecule has 3 rings (SSSR count). The van der Waals surface area contributed by atoms with E-state index in [1.165, 1.54) is 12.3 Å². The first-order valence-corrected chi connectivity index (χ1v) is 8.91. The first-order valence-electron chi connectivity index (χ1n) is 8.53. The van der Waals surface area contributed by atoms with Crippen molar-refractivity contribution in [1.82, 2.24) is 19.5 Å². The minimum absolute atomic E-state index is 0.0000966. The largest absolute Gasteiger partial charge is 0.389 e. The number of halogens is 2. The number of hydrogen-bond acceptors (Lipinski definition) is 6. The van der Waals surface area contributed by atoms with Gasteiger partial charge >= 0.3 is 0 Å². The van der Waals surface area contributed by atoms with Gasteiger partial charge in [-0.15, -0.1) is 0 Å². The van der Waals surface area contributed by atoms with Gasteiger partial charge in [0.25, 0.3) is 0 Å². The minimum atomic E-state index is -0.935. The Morgan fingerprint density at radius 3 is 2.67 bits per heavy atom. The Hall–Kier alpha value is -2.45. The molecule has 4 N–H and O–H groups in total. The van der Waals surface area contributed by atoms with Crippen molar-refractivity contribution in [3.8, 4) is 11.3 Å². The highest BCUT2D eigenvalue weighted by atomic mass is 35.5. The molecule has 0 unspecified atom stereocenters. The van der Waals surface area contributed by atoms with Crippen molar-refractivity contribution < 1.29 is 9.50 Å². The molecule has 0 aliphatic rings. The molecule has 0 saturated carbocycles. The van der Waals surface area contributed by atoms with Crippen LogP contribution in [-0.4, -0.2) is 36.8 Å². The van der Waals surface area contributed by atoms with Crippen LogP contribution in [0.2, 0.25) is 5.02 Å². The van der Waals surface area contributed by atoms with Crippen molar-refractivity contribution in [1.29, 1.82) is 0 Å². The van der Waals surface area contributed by atoms with Crippen LogP contribution in [0.1, 0.15) is 33.7 Å². The molecular formula is C18H22ClFN6O. The third kappa shape index (κ3) is 3.96. The van der Waals surface area contributed by atoms with E-state index < -0.39 is 11.4 Å². The Labute approximate surface area is 161 Å². The number of nitrogens with two attached hydrogens (primary N) is 1. The Bertz CT molecular complexity index is 996. The van der Waals surface area contributed by atoms with Gasteiger partial charge in [0.1, 0.15) is 5.52 Å². The Morgan fingerprint density at radius 1 is 1.33 bits per heavy atom. The van der Waals surface area contributed by atoms with Crippen molar-refractivity contribution in [3.63, 3.8) is 0 Å². The number of imidazole rings is 1. The first-order chi connectivity index (χ1) is 12.6. The summed E-state index contributed by atoms with van der Waals surface area (Å²) >= 11 is 6.18. The molecule has 2 aromatic heterocycles. The molecule has 0 fully saturated rings. The molecule has 0 aliphatic carbocycles. The summed E-state index contributed by atoms with van der Waals surface area (Å²) < 4.78 is 16.7. The van der Waals surface area contributed by atoms with E-state index in [1.807, 2.05) is 18.4 Å². The maximum Gasteiger partial charge on any atom is 0.220 e. The smallest absolute Gasteiger partial charge is 0.220 e. The zero-order chi connectivity index (χ0) is 19.9. The number of fused-ring (bicyclic) bond motifs is 1. The Morgan fingerprint density at radius 2 is 2.04 bits per heavy atom.